The van der Waals surface area contributed by atoms with E-state index in [1.54, 1.807) is 18.2 Å². The minimum absolute atomic E-state index is 0.192. The third-order valence-electron chi connectivity index (χ3n) is 1.71. The van der Waals surface area contributed by atoms with Crippen LogP contribution in [0.1, 0.15) is 21.5 Å². The Balaban J connectivity index is 3.35. The number of nitrogens with two attached hydrogens (primary N) is 2. The summed E-state index contributed by atoms with van der Waals surface area (Å²) in [6.07, 6.45) is 0. The van der Waals surface area contributed by atoms with Crippen molar-refractivity contribution in [2.75, 3.05) is 0 Å². The summed E-state index contributed by atoms with van der Waals surface area (Å²) in [5, 5.41) is 0. The molecule has 68 valence electrons. The number of carbonyl (C=O) groups excluding carboxylic acids is 1. The number of rotatable bonds is 2. The zero-order valence-corrected chi connectivity index (χ0v) is 8.02. The van der Waals surface area contributed by atoms with Gasteiger partial charge in [0.2, 0.25) is 5.91 Å². The highest BCUT2D eigenvalue weighted by Gasteiger charge is 2.09. The van der Waals surface area contributed by atoms with Crippen LogP contribution >= 0.6 is 12.2 Å². The molecule has 0 fully saturated rings. The Hall–Kier alpha value is -1.42. The van der Waals surface area contributed by atoms with E-state index < -0.39 is 5.91 Å². The normalized spacial score (nSPS) is 9.62. The van der Waals surface area contributed by atoms with Crippen LogP contribution in [0.5, 0.6) is 0 Å². The molecule has 0 atom stereocenters. The van der Waals surface area contributed by atoms with Crippen molar-refractivity contribution in [1.82, 2.24) is 0 Å². The minimum atomic E-state index is -0.511. The number of amides is 1. The van der Waals surface area contributed by atoms with Crippen LogP contribution in [0, 0.1) is 6.92 Å². The smallest absolute Gasteiger partial charge is 0.249 e. The van der Waals surface area contributed by atoms with E-state index in [2.05, 4.69) is 0 Å². The summed E-state index contributed by atoms with van der Waals surface area (Å²) >= 11 is 4.80. The Morgan fingerprint density at radius 1 is 1.31 bits per heavy atom. The number of hydrogen-bond acceptors (Lipinski definition) is 2. The number of aryl methyl sites for hydroxylation is 1. The van der Waals surface area contributed by atoms with Crippen LogP contribution in [0.2, 0.25) is 0 Å². The van der Waals surface area contributed by atoms with Gasteiger partial charge in [-0.1, -0.05) is 23.8 Å². The lowest BCUT2D eigenvalue weighted by molar-refractivity contribution is 0.1000. The second-order valence-corrected chi connectivity index (χ2v) is 3.22. The van der Waals surface area contributed by atoms with Gasteiger partial charge in [-0.25, -0.2) is 0 Å². The van der Waals surface area contributed by atoms with E-state index in [0.29, 0.717) is 11.1 Å². The van der Waals surface area contributed by atoms with Crippen LogP contribution in [0.4, 0.5) is 0 Å². The van der Waals surface area contributed by atoms with Gasteiger partial charge >= 0.3 is 0 Å². The third-order valence-corrected chi connectivity index (χ3v) is 1.93. The number of thiocarbonyl (C=S) groups is 1. The molecule has 0 radical (unpaired) electrons. The SMILES string of the molecule is Cc1ccc(C(N)=O)c(C(N)=S)c1. The molecule has 1 rings (SSSR count). The summed E-state index contributed by atoms with van der Waals surface area (Å²) in [7, 11) is 0. The standard InChI is InChI=1S/C9H10N2OS/c1-5-2-3-6(8(10)12)7(4-5)9(11)13/h2-4H,1H3,(H2,10,12)(H2,11,13). The van der Waals surface area contributed by atoms with Gasteiger partial charge in [0.15, 0.2) is 0 Å². The molecule has 3 nitrogen and oxygen atoms in total. The Morgan fingerprint density at radius 2 is 1.92 bits per heavy atom. The van der Waals surface area contributed by atoms with Gasteiger partial charge in [0.1, 0.15) is 4.99 Å². The second kappa shape index (κ2) is 3.53. The summed E-state index contributed by atoms with van der Waals surface area (Å²) in [6, 6.07) is 5.18. The molecule has 0 aliphatic carbocycles. The molecule has 0 unspecified atom stereocenters. The summed E-state index contributed by atoms with van der Waals surface area (Å²) in [5.74, 6) is -0.511. The van der Waals surface area contributed by atoms with E-state index in [1.165, 1.54) is 0 Å². The number of hydrogen-bond donors (Lipinski definition) is 2. The summed E-state index contributed by atoms with van der Waals surface area (Å²) < 4.78 is 0. The van der Waals surface area contributed by atoms with Gasteiger partial charge in [-0.3, -0.25) is 4.79 Å². The quantitative estimate of drug-likeness (QED) is 0.682. The average Bonchev–Trinajstić information content (AvgIpc) is 2.03. The topological polar surface area (TPSA) is 69.1 Å². The largest absolute Gasteiger partial charge is 0.389 e. The predicted molar refractivity (Wildman–Crippen MR) is 55.6 cm³/mol. The maximum Gasteiger partial charge on any atom is 0.249 e. The molecule has 0 heterocycles. The van der Waals surface area contributed by atoms with Crippen LogP contribution < -0.4 is 11.5 Å². The van der Waals surface area contributed by atoms with E-state index in [9.17, 15) is 4.79 Å². The van der Waals surface area contributed by atoms with Crippen molar-refractivity contribution >= 4 is 23.1 Å². The molecular formula is C9H10N2OS. The molecule has 1 aromatic rings. The van der Waals surface area contributed by atoms with Crippen molar-refractivity contribution in [3.05, 3.63) is 34.9 Å². The Kier molecular flexibility index (Phi) is 2.63. The molecule has 0 saturated carbocycles. The fourth-order valence-corrected chi connectivity index (χ4v) is 1.25. The minimum Gasteiger partial charge on any atom is -0.389 e. The number of primary amides is 1. The summed E-state index contributed by atoms with van der Waals surface area (Å²) in [4.78, 5) is 11.1. The molecule has 0 aromatic heterocycles. The Morgan fingerprint density at radius 3 is 2.38 bits per heavy atom. The Bertz CT molecular complexity index is 374. The van der Waals surface area contributed by atoms with Crippen molar-refractivity contribution in [1.29, 1.82) is 0 Å². The van der Waals surface area contributed by atoms with Crippen molar-refractivity contribution in [2.24, 2.45) is 11.5 Å². The predicted octanol–water partition coefficient (Wildman–Crippen LogP) is 0.728. The van der Waals surface area contributed by atoms with Gasteiger partial charge in [-0.2, -0.15) is 0 Å². The summed E-state index contributed by atoms with van der Waals surface area (Å²) in [6.45, 7) is 1.90. The highest BCUT2D eigenvalue weighted by molar-refractivity contribution is 7.80. The zero-order chi connectivity index (χ0) is 10.0. The van der Waals surface area contributed by atoms with E-state index >= 15 is 0 Å². The molecule has 4 heteroatoms. The molecule has 4 N–H and O–H groups in total. The maximum atomic E-state index is 10.9. The lowest BCUT2D eigenvalue weighted by Gasteiger charge is -2.05. The van der Waals surface area contributed by atoms with Crippen molar-refractivity contribution < 1.29 is 4.79 Å². The summed E-state index contributed by atoms with van der Waals surface area (Å²) in [5.41, 5.74) is 12.5. The lowest BCUT2D eigenvalue weighted by atomic mass is 10.0. The number of carbonyl (C=O) groups is 1. The van der Waals surface area contributed by atoms with E-state index in [0.717, 1.165) is 5.56 Å². The highest BCUT2D eigenvalue weighted by atomic mass is 32.1. The van der Waals surface area contributed by atoms with Crippen molar-refractivity contribution in [2.45, 2.75) is 6.92 Å². The van der Waals surface area contributed by atoms with Gasteiger partial charge in [0.05, 0.1) is 0 Å². The van der Waals surface area contributed by atoms with Crippen molar-refractivity contribution in [3.8, 4) is 0 Å². The first-order chi connectivity index (χ1) is 6.02. The van der Waals surface area contributed by atoms with Crippen LogP contribution in [0.3, 0.4) is 0 Å². The van der Waals surface area contributed by atoms with Crippen LogP contribution in [0.25, 0.3) is 0 Å². The van der Waals surface area contributed by atoms with Gasteiger partial charge in [-0.15, -0.1) is 0 Å². The highest BCUT2D eigenvalue weighted by Crippen LogP contribution is 2.10. The second-order valence-electron chi connectivity index (χ2n) is 2.78. The molecular weight excluding hydrogens is 184 g/mol. The van der Waals surface area contributed by atoms with Crippen molar-refractivity contribution in [3.63, 3.8) is 0 Å². The first-order valence-electron chi connectivity index (χ1n) is 3.72. The van der Waals surface area contributed by atoms with Gasteiger partial charge in [0.25, 0.3) is 0 Å². The molecule has 0 spiro atoms. The lowest BCUT2D eigenvalue weighted by Crippen LogP contribution is -2.19. The third kappa shape index (κ3) is 2.03. The van der Waals surface area contributed by atoms with Gasteiger partial charge < -0.3 is 11.5 Å². The fourth-order valence-electron chi connectivity index (χ4n) is 1.08. The molecule has 13 heavy (non-hydrogen) atoms. The maximum absolute atomic E-state index is 10.9. The molecule has 1 aromatic carbocycles. The van der Waals surface area contributed by atoms with E-state index in [-0.39, 0.29) is 4.99 Å². The molecule has 0 saturated heterocycles. The van der Waals surface area contributed by atoms with Crippen LogP contribution in [0.15, 0.2) is 18.2 Å². The Labute approximate surface area is 81.7 Å². The van der Waals surface area contributed by atoms with Gasteiger partial charge in [0, 0.05) is 11.1 Å². The average molecular weight is 194 g/mol. The molecule has 0 bridgehead atoms. The number of benzene rings is 1. The zero-order valence-electron chi connectivity index (χ0n) is 7.20. The van der Waals surface area contributed by atoms with Crippen LogP contribution in [-0.2, 0) is 0 Å². The molecule has 0 aliphatic heterocycles. The van der Waals surface area contributed by atoms with E-state index in [1.807, 2.05) is 6.92 Å². The fraction of sp³-hybridized carbons (Fsp3) is 0.111. The monoisotopic (exact) mass is 194 g/mol. The first-order valence-corrected chi connectivity index (χ1v) is 4.13. The first kappa shape index (κ1) is 9.67. The molecule has 1 amide bonds. The van der Waals surface area contributed by atoms with Crippen LogP contribution in [-0.4, -0.2) is 10.9 Å². The van der Waals surface area contributed by atoms with E-state index in [4.69, 9.17) is 23.7 Å². The molecule has 0 aliphatic rings. The van der Waals surface area contributed by atoms with Gasteiger partial charge in [-0.05, 0) is 19.1 Å².